The molecule has 3 N–H and O–H groups in total. The van der Waals surface area contributed by atoms with Crippen LogP contribution >= 0.6 is 11.6 Å². The molecule has 0 atom stereocenters. The summed E-state index contributed by atoms with van der Waals surface area (Å²) in [6, 6.07) is 14.5. The van der Waals surface area contributed by atoms with Crippen LogP contribution in [-0.4, -0.2) is 16.5 Å². The van der Waals surface area contributed by atoms with Gasteiger partial charge in [-0.25, -0.2) is 0 Å². The maximum absolute atomic E-state index is 6.36. The monoisotopic (exact) mass is 363 g/mol. The highest BCUT2D eigenvalue weighted by Crippen LogP contribution is 2.37. The number of nitrogens with two attached hydrogens (primary N) is 1. The van der Waals surface area contributed by atoms with Gasteiger partial charge in [0.05, 0.1) is 11.2 Å². The van der Waals surface area contributed by atoms with E-state index in [1.54, 1.807) is 0 Å². The number of aromatic amines is 1. The van der Waals surface area contributed by atoms with E-state index in [2.05, 4.69) is 47.2 Å². The van der Waals surface area contributed by atoms with Crippen molar-refractivity contribution in [2.24, 2.45) is 5.73 Å². The summed E-state index contributed by atoms with van der Waals surface area (Å²) in [7, 11) is 0. The van der Waals surface area contributed by atoms with Crippen LogP contribution in [0, 0.1) is 6.92 Å². The van der Waals surface area contributed by atoms with Crippen molar-refractivity contribution in [3.63, 3.8) is 0 Å². The van der Waals surface area contributed by atoms with Gasteiger partial charge in [-0.1, -0.05) is 29.8 Å². The molecule has 0 saturated carbocycles. The predicted molar refractivity (Wildman–Crippen MR) is 111 cm³/mol. The third-order valence-corrected chi connectivity index (χ3v) is 5.19. The van der Waals surface area contributed by atoms with Gasteiger partial charge in [-0.05, 0) is 68.1 Å². The average molecular weight is 364 g/mol. The Hall–Kier alpha value is -2.36. The van der Waals surface area contributed by atoms with E-state index >= 15 is 0 Å². The number of fused-ring (bicyclic) bond motifs is 2. The summed E-state index contributed by atoms with van der Waals surface area (Å²) in [6.07, 6.45) is 4.89. The summed E-state index contributed by atoms with van der Waals surface area (Å²) in [4.78, 5) is 8.18. The number of hydrogen-bond donors (Lipinski definition) is 2. The second-order valence-electron chi connectivity index (χ2n) is 6.75. The number of nitrogens with one attached hydrogen (secondary N) is 1. The van der Waals surface area contributed by atoms with Gasteiger partial charge < -0.3 is 10.7 Å². The van der Waals surface area contributed by atoms with Crippen molar-refractivity contribution in [2.45, 2.75) is 26.2 Å². The molecule has 26 heavy (non-hydrogen) atoms. The zero-order valence-corrected chi connectivity index (χ0v) is 15.6. The number of halogens is 1. The first-order valence-electron chi connectivity index (χ1n) is 9.04. The Morgan fingerprint density at radius 1 is 1.08 bits per heavy atom. The van der Waals surface area contributed by atoms with E-state index < -0.39 is 0 Å². The molecule has 0 aliphatic rings. The van der Waals surface area contributed by atoms with Crippen molar-refractivity contribution >= 4 is 33.4 Å². The molecule has 0 saturated heterocycles. The molecule has 0 aliphatic heterocycles. The molecule has 4 aromatic rings. The lowest BCUT2D eigenvalue weighted by molar-refractivity contribution is 0.748. The standard InChI is InChI=1S/C22H22ClN3/c1-14-12-15(23)13-19-18(6-2-3-10-24)22(26-21(14)19)17-7-4-9-20-16(17)8-5-11-25-20/h4-5,7-9,11-13,26H,2-3,6,10,24H2,1H3. The number of benzene rings is 2. The third kappa shape index (κ3) is 2.98. The number of H-pyrrole nitrogens is 1. The molecule has 132 valence electrons. The summed E-state index contributed by atoms with van der Waals surface area (Å²) in [5.74, 6) is 0. The minimum Gasteiger partial charge on any atom is -0.354 e. The minimum atomic E-state index is 0.718. The molecule has 2 heterocycles. The van der Waals surface area contributed by atoms with Crippen molar-refractivity contribution in [1.29, 1.82) is 0 Å². The van der Waals surface area contributed by atoms with Gasteiger partial charge in [-0.15, -0.1) is 0 Å². The van der Waals surface area contributed by atoms with E-state index in [0.29, 0.717) is 0 Å². The van der Waals surface area contributed by atoms with Gasteiger partial charge in [0.2, 0.25) is 0 Å². The van der Waals surface area contributed by atoms with Gasteiger partial charge in [-0.2, -0.15) is 0 Å². The third-order valence-electron chi connectivity index (χ3n) is 4.97. The van der Waals surface area contributed by atoms with Crippen LogP contribution in [0.25, 0.3) is 33.1 Å². The van der Waals surface area contributed by atoms with Crippen LogP contribution in [-0.2, 0) is 6.42 Å². The summed E-state index contributed by atoms with van der Waals surface area (Å²) in [5, 5.41) is 3.15. The van der Waals surface area contributed by atoms with Gasteiger partial charge in [0.15, 0.2) is 0 Å². The fraction of sp³-hybridized carbons (Fsp3) is 0.227. The molecule has 4 rings (SSSR count). The van der Waals surface area contributed by atoms with Crippen LogP contribution in [0.1, 0.15) is 24.0 Å². The number of hydrogen-bond acceptors (Lipinski definition) is 2. The van der Waals surface area contributed by atoms with E-state index in [9.17, 15) is 0 Å². The average Bonchev–Trinajstić information content (AvgIpc) is 3.00. The highest BCUT2D eigenvalue weighted by atomic mass is 35.5. The minimum absolute atomic E-state index is 0.718. The zero-order chi connectivity index (χ0) is 18.1. The first-order valence-corrected chi connectivity index (χ1v) is 9.41. The van der Waals surface area contributed by atoms with Gasteiger partial charge in [0, 0.05) is 33.1 Å². The Bertz CT molecular complexity index is 1080. The molecule has 0 amide bonds. The molecule has 0 aliphatic carbocycles. The molecule has 3 nitrogen and oxygen atoms in total. The smallest absolute Gasteiger partial charge is 0.0708 e. The van der Waals surface area contributed by atoms with E-state index in [1.807, 2.05) is 18.3 Å². The zero-order valence-electron chi connectivity index (χ0n) is 14.8. The summed E-state index contributed by atoms with van der Waals surface area (Å²) < 4.78 is 0. The summed E-state index contributed by atoms with van der Waals surface area (Å²) in [5.41, 5.74) is 12.7. The number of nitrogens with zero attached hydrogens (tertiary/aromatic N) is 1. The first-order chi connectivity index (χ1) is 12.7. The van der Waals surface area contributed by atoms with Crippen molar-refractivity contribution in [1.82, 2.24) is 9.97 Å². The molecular formula is C22H22ClN3. The van der Waals surface area contributed by atoms with Crippen LogP contribution in [0.3, 0.4) is 0 Å². The maximum atomic E-state index is 6.36. The van der Waals surface area contributed by atoms with Gasteiger partial charge >= 0.3 is 0 Å². The normalized spacial score (nSPS) is 11.5. The lowest BCUT2D eigenvalue weighted by Crippen LogP contribution is -1.99. The maximum Gasteiger partial charge on any atom is 0.0708 e. The van der Waals surface area contributed by atoms with E-state index in [-0.39, 0.29) is 0 Å². The second-order valence-corrected chi connectivity index (χ2v) is 7.18. The van der Waals surface area contributed by atoms with Crippen LogP contribution in [0.5, 0.6) is 0 Å². The number of aromatic nitrogens is 2. The fourth-order valence-electron chi connectivity index (χ4n) is 3.74. The molecule has 0 unspecified atom stereocenters. The number of aryl methyl sites for hydroxylation is 2. The van der Waals surface area contributed by atoms with E-state index in [1.165, 1.54) is 22.2 Å². The van der Waals surface area contributed by atoms with Gasteiger partial charge in [-0.3, -0.25) is 4.98 Å². The molecule has 2 aromatic carbocycles. The second kappa shape index (κ2) is 7.10. The Labute approximate surface area is 158 Å². The largest absolute Gasteiger partial charge is 0.354 e. The number of unbranched alkanes of at least 4 members (excludes halogenated alkanes) is 1. The highest BCUT2D eigenvalue weighted by molar-refractivity contribution is 6.31. The number of rotatable bonds is 5. The van der Waals surface area contributed by atoms with Gasteiger partial charge in [0.1, 0.15) is 0 Å². The van der Waals surface area contributed by atoms with Crippen molar-refractivity contribution in [2.75, 3.05) is 6.54 Å². The molecule has 4 heteroatoms. The Balaban J connectivity index is 1.98. The SMILES string of the molecule is Cc1cc(Cl)cc2c(CCCCN)c(-c3cccc4ncccc34)[nH]c12. The van der Waals surface area contributed by atoms with Crippen LogP contribution in [0.4, 0.5) is 0 Å². The summed E-state index contributed by atoms with van der Waals surface area (Å²) in [6.45, 7) is 2.82. The highest BCUT2D eigenvalue weighted by Gasteiger charge is 2.17. The molecular weight excluding hydrogens is 342 g/mol. The predicted octanol–water partition coefficient (Wildman–Crippen LogP) is 5.63. The van der Waals surface area contributed by atoms with Gasteiger partial charge in [0.25, 0.3) is 0 Å². The first kappa shape index (κ1) is 17.1. The summed E-state index contributed by atoms with van der Waals surface area (Å²) >= 11 is 6.36. The van der Waals surface area contributed by atoms with E-state index in [4.69, 9.17) is 17.3 Å². The topological polar surface area (TPSA) is 54.7 Å². The van der Waals surface area contributed by atoms with Crippen LogP contribution in [0.15, 0.2) is 48.7 Å². The molecule has 2 aromatic heterocycles. The Morgan fingerprint density at radius 2 is 1.96 bits per heavy atom. The molecule has 0 radical (unpaired) electrons. The van der Waals surface area contributed by atoms with E-state index in [0.717, 1.165) is 52.8 Å². The van der Waals surface area contributed by atoms with Crippen LogP contribution < -0.4 is 5.73 Å². The Morgan fingerprint density at radius 3 is 2.81 bits per heavy atom. The van der Waals surface area contributed by atoms with Crippen molar-refractivity contribution < 1.29 is 0 Å². The van der Waals surface area contributed by atoms with Crippen LogP contribution in [0.2, 0.25) is 5.02 Å². The lowest BCUT2D eigenvalue weighted by Gasteiger charge is -2.08. The van der Waals surface area contributed by atoms with Crippen molar-refractivity contribution in [3.05, 3.63) is 64.8 Å². The Kier molecular flexibility index (Phi) is 4.66. The fourth-order valence-corrected chi connectivity index (χ4v) is 4.01. The number of pyridine rings is 1. The molecule has 0 bridgehead atoms. The molecule has 0 fully saturated rings. The molecule has 0 spiro atoms. The quantitative estimate of drug-likeness (QED) is 0.452. The lowest BCUT2D eigenvalue weighted by atomic mass is 9.97. The van der Waals surface area contributed by atoms with Crippen molar-refractivity contribution in [3.8, 4) is 11.3 Å².